The minimum absolute atomic E-state index is 0.0606. The van der Waals surface area contributed by atoms with E-state index in [1.165, 1.54) is 19.1 Å². The van der Waals surface area contributed by atoms with Crippen LogP contribution in [-0.4, -0.2) is 14.4 Å². The summed E-state index contributed by atoms with van der Waals surface area (Å²) in [6, 6.07) is 14.6. The minimum atomic E-state index is -3.97. The van der Waals surface area contributed by atoms with Crippen LogP contribution in [0.1, 0.15) is 32.8 Å². The van der Waals surface area contributed by atoms with Crippen molar-refractivity contribution >= 4 is 16.1 Å². The fourth-order valence-corrected chi connectivity index (χ4v) is 3.33. The van der Waals surface area contributed by atoms with Crippen LogP contribution in [0.3, 0.4) is 0 Å². The molecule has 128 valence electrons. The monoisotopic (exact) mass is 348 g/mol. The van der Waals surface area contributed by atoms with E-state index in [1.807, 2.05) is 6.92 Å². The first-order valence-electron chi connectivity index (χ1n) is 7.57. The molecule has 24 heavy (non-hydrogen) atoms. The van der Waals surface area contributed by atoms with E-state index in [4.69, 9.17) is 8.92 Å². The first-order valence-corrected chi connectivity index (χ1v) is 8.98. The van der Waals surface area contributed by atoms with Gasteiger partial charge in [0.25, 0.3) is 0 Å². The summed E-state index contributed by atoms with van der Waals surface area (Å²) in [5.41, 5.74) is -0.476. The van der Waals surface area contributed by atoms with Crippen LogP contribution in [0.25, 0.3) is 0 Å². The van der Waals surface area contributed by atoms with E-state index < -0.39 is 21.7 Å². The van der Waals surface area contributed by atoms with Gasteiger partial charge in [0.15, 0.2) is 0 Å². The number of carbonyl (C=O) groups is 1. The number of carbonyl (C=O) groups excluding carboxylic acids is 1. The molecular formula is C18H20O5S. The summed E-state index contributed by atoms with van der Waals surface area (Å²) < 4.78 is 35.7. The molecule has 0 aromatic heterocycles. The van der Waals surface area contributed by atoms with E-state index in [2.05, 4.69) is 0 Å². The second-order valence-corrected chi connectivity index (χ2v) is 7.07. The molecule has 2 rings (SSSR count). The van der Waals surface area contributed by atoms with Crippen molar-refractivity contribution in [3.8, 4) is 5.75 Å². The quantitative estimate of drug-likeness (QED) is 0.589. The largest absolute Gasteiger partial charge is 0.455 e. The summed E-state index contributed by atoms with van der Waals surface area (Å²) in [5.74, 6) is -0.299. The van der Waals surface area contributed by atoms with Gasteiger partial charge in [-0.15, -0.1) is 0 Å². The van der Waals surface area contributed by atoms with Gasteiger partial charge in [-0.3, -0.25) is 4.79 Å². The molecule has 0 radical (unpaired) electrons. The normalized spacial score (nSPS) is 13.8. The zero-order chi connectivity index (χ0) is 17.8. The highest BCUT2D eigenvalue weighted by Crippen LogP contribution is 2.36. The zero-order valence-electron chi connectivity index (χ0n) is 13.9. The smallest absolute Gasteiger partial charge is 0.339 e. The predicted octanol–water partition coefficient (Wildman–Crippen LogP) is 3.64. The molecule has 0 amide bonds. The molecule has 6 heteroatoms. The minimum Gasteiger partial charge on any atom is -0.455 e. The van der Waals surface area contributed by atoms with Gasteiger partial charge in [-0.25, -0.2) is 0 Å². The average molecular weight is 348 g/mol. The molecule has 0 heterocycles. The Balaban J connectivity index is 2.44. The maximum atomic E-state index is 12.5. The van der Waals surface area contributed by atoms with E-state index in [0.29, 0.717) is 12.0 Å². The first kappa shape index (κ1) is 18.0. The van der Waals surface area contributed by atoms with Crippen LogP contribution in [0.15, 0.2) is 59.5 Å². The summed E-state index contributed by atoms with van der Waals surface area (Å²) in [6.07, 6.45) is 0.471. The van der Waals surface area contributed by atoms with E-state index >= 15 is 0 Å². The molecule has 0 aliphatic heterocycles. The fourth-order valence-electron chi connectivity index (χ4n) is 2.36. The number of rotatable bonds is 6. The Morgan fingerprint density at radius 3 is 2.21 bits per heavy atom. The summed E-state index contributed by atoms with van der Waals surface area (Å²) in [5, 5.41) is 0. The highest BCUT2D eigenvalue weighted by atomic mass is 32.2. The zero-order valence-corrected chi connectivity index (χ0v) is 14.7. The van der Waals surface area contributed by atoms with Gasteiger partial charge >= 0.3 is 16.1 Å². The number of ether oxygens (including phenoxy) is 1. The van der Waals surface area contributed by atoms with Crippen molar-refractivity contribution in [1.82, 2.24) is 0 Å². The van der Waals surface area contributed by atoms with Gasteiger partial charge in [-0.1, -0.05) is 43.3 Å². The van der Waals surface area contributed by atoms with Crippen molar-refractivity contribution in [2.75, 3.05) is 0 Å². The van der Waals surface area contributed by atoms with E-state index in [1.54, 1.807) is 49.4 Å². The lowest BCUT2D eigenvalue weighted by Crippen LogP contribution is -2.28. The van der Waals surface area contributed by atoms with Crippen molar-refractivity contribution in [2.24, 2.45) is 0 Å². The van der Waals surface area contributed by atoms with Crippen LogP contribution >= 0.6 is 0 Å². The highest BCUT2D eigenvalue weighted by molar-refractivity contribution is 7.87. The van der Waals surface area contributed by atoms with Crippen molar-refractivity contribution in [2.45, 2.75) is 37.7 Å². The number of hydrogen-bond acceptors (Lipinski definition) is 5. The Labute approximate surface area is 142 Å². The van der Waals surface area contributed by atoms with Crippen molar-refractivity contribution in [3.63, 3.8) is 0 Å². The lowest BCUT2D eigenvalue weighted by Gasteiger charge is -2.29. The molecular weight excluding hydrogens is 328 g/mol. The topological polar surface area (TPSA) is 69.7 Å². The molecule has 0 fully saturated rings. The van der Waals surface area contributed by atoms with Crippen LogP contribution in [0.2, 0.25) is 0 Å². The molecule has 5 nitrogen and oxygen atoms in total. The summed E-state index contributed by atoms with van der Waals surface area (Å²) in [6.45, 7) is 4.90. The second-order valence-electron chi connectivity index (χ2n) is 5.52. The highest BCUT2D eigenvalue weighted by Gasteiger charge is 2.32. The summed E-state index contributed by atoms with van der Waals surface area (Å²) >= 11 is 0. The molecule has 2 aromatic carbocycles. The van der Waals surface area contributed by atoms with Gasteiger partial charge < -0.3 is 8.92 Å². The third kappa shape index (κ3) is 3.94. The lowest BCUT2D eigenvalue weighted by atomic mass is 9.92. The standard InChI is InChI=1S/C18H20O5S/c1-4-18(3,22-14(2)19)16-12-8-9-13-17(16)23-24(20,21)15-10-6-5-7-11-15/h5-13H,4H2,1-3H3. The molecule has 2 aromatic rings. The molecule has 0 aliphatic rings. The van der Waals surface area contributed by atoms with Crippen molar-refractivity contribution in [1.29, 1.82) is 0 Å². The molecule has 1 unspecified atom stereocenters. The maximum absolute atomic E-state index is 12.5. The van der Waals surface area contributed by atoms with Crippen molar-refractivity contribution < 1.29 is 22.1 Å². The van der Waals surface area contributed by atoms with Crippen LogP contribution in [0.5, 0.6) is 5.75 Å². The Morgan fingerprint density at radius 1 is 1.04 bits per heavy atom. The molecule has 1 atom stereocenters. The van der Waals surface area contributed by atoms with E-state index in [9.17, 15) is 13.2 Å². The van der Waals surface area contributed by atoms with Gasteiger partial charge in [-0.05, 0) is 31.5 Å². The van der Waals surface area contributed by atoms with Gasteiger partial charge in [0.1, 0.15) is 16.2 Å². The van der Waals surface area contributed by atoms with Gasteiger partial charge in [0.05, 0.1) is 0 Å². The molecule has 0 saturated heterocycles. The van der Waals surface area contributed by atoms with E-state index in [-0.39, 0.29) is 10.6 Å². The fraction of sp³-hybridized carbons (Fsp3) is 0.278. The molecule has 0 bridgehead atoms. The second kappa shape index (κ2) is 7.05. The Kier molecular flexibility index (Phi) is 5.29. The third-order valence-electron chi connectivity index (χ3n) is 3.73. The Bertz CT molecular complexity index is 814. The summed E-state index contributed by atoms with van der Waals surface area (Å²) in [7, 11) is -3.97. The third-order valence-corrected chi connectivity index (χ3v) is 4.98. The van der Waals surface area contributed by atoms with Gasteiger partial charge in [0.2, 0.25) is 0 Å². The number of hydrogen-bond donors (Lipinski definition) is 0. The van der Waals surface area contributed by atoms with Gasteiger partial charge in [0, 0.05) is 12.5 Å². The maximum Gasteiger partial charge on any atom is 0.339 e. The molecule has 0 spiro atoms. The molecule has 0 saturated carbocycles. The van der Waals surface area contributed by atoms with Gasteiger partial charge in [-0.2, -0.15) is 8.42 Å². The lowest BCUT2D eigenvalue weighted by molar-refractivity contribution is -0.156. The Hall–Kier alpha value is -2.34. The van der Waals surface area contributed by atoms with E-state index in [0.717, 1.165) is 0 Å². The van der Waals surface area contributed by atoms with Crippen LogP contribution in [0, 0.1) is 0 Å². The number of para-hydroxylation sites is 1. The SMILES string of the molecule is CCC(C)(OC(C)=O)c1ccccc1OS(=O)(=O)c1ccccc1. The van der Waals surface area contributed by atoms with Crippen LogP contribution < -0.4 is 4.18 Å². The predicted molar refractivity (Wildman–Crippen MR) is 90.1 cm³/mol. The first-order chi connectivity index (χ1) is 11.3. The van der Waals surface area contributed by atoms with Crippen LogP contribution in [-0.2, 0) is 25.3 Å². The number of benzene rings is 2. The number of esters is 1. The van der Waals surface area contributed by atoms with Crippen molar-refractivity contribution in [3.05, 3.63) is 60.2 Å². The Morgan fingerprint density at radius 2 is 1.62 bits per heavy atom. The molecule has 0 N–H and O–H groups in total. The average Bonchev–Trinajstić information content (AvgIpc) is 2.55. The summed E-state index contributed by atoms with van der Waals surface area (Å²) in [4.78, 5) is 11.5. The molecule has 0 aliphatic carbocycles. The van der Waals surface area contributed by atoms with Crippen LogP contribution in [0.4, 0.5) is 0 Å².